The van der Waals surface area contributed by atoms with E-state index in [9.17, 15) is 0 Å². The highest BCUT2D eigenvalue weighted by molar-refractivity contribution is 7.80. The molecule has 2 aromatic carbocycles. The van der Waals surface area contributed by atoms with Crippen molar-refractivity contribution in [1.82, 2.24) is 9.80 Å². The molecule has 0 unspecified atom stereocenters. The number of halogens is 3. The van der Waals surface area contributed by atoms with Crippen LogP contribution in [0, 0.1) is 0 Å². The third-order valence-corrected chi connectivity index (χ3v) is 6.30. The molecule has 1 N–H and O–H groups in total. The Bertz CT molecular complexity index is 807. The summed E-state index contributed by atoms with van der Waals surface area (Å²) in [6.45, 7) is 2.78. The first-order valence-corrected chi connectivity index (χ1v) is 10.4. The summed E-state index contributed by atoms with van der Waals surface area (Å²) >= 11 is 24.3. The lowest BCUT2D eigenvalue weighted by molar-refractivity contribution is 0.173. The fraction of sp³-hybridized carbons (Fsp3) is 0.350. The molecule has 0 spiro atoms. The Balaban J connectivity index is 1.80. The van der Waals surface area contributed by atoms with Gasteiger partial charge in [-0.3, -0.25) is 0 Å². The van der Waals surface area contributed by atoms with Crippen LogP contribution in [0.25, 0.3) is 0 Å². The summed E-state index contributed by atoms with van der Waals surface area (Å²) in [5.74, 6) is 0. The molecule has 3 rings (SSSR count). The molecule has 7 heteroatoms. The van der Waals surface area contributed by atoms with Gasteiger partial charge in [0, 0.05) is 23.3 Å². The smallest absolute Gasteiger partial charge is 0.173 e. The van der Waals surface area contributed by atoms with Gasteiger partial charge in [-0.15, -0.1) is 0 Å². The zero-order chi connectivity index (χ0) is 19.4. The normalized spacial score (nSPS) is 15.6. The summed E-state index contributed by atoms with van der Waals surface area (Å²) in [7, 11) is 2.15. The first-order chi connectivity index (χ1) is 12.9. The van der Waals surface area contributed by atoms with Gasteiger partial charge in [0.1, 0.15) is 0 Å². The van der Waals surface area contributed by atoms with Crippen LogP contribution < -0.4 is 5.32 Å². The Kier molecular flexibility index (Phi) is 7.23. The van der Waals surface area contributed by atoms with E-state index in [1.54, 1.807) is 12.1 Å². The minimum atomic E-state index is 0.361. The quantitative estimate of drug-likeness (QED) is 0.590. The molecule has 27 heavy (non-hydrogen) atoms. The number of likely N-dealkylation sites (tertiary alicyclic amines) is 1. The molecule has 3 nitrogen and oxygen atoms in total. The van der Waals surface area contributed by atoms with E-state index in [1.807, 2.05) is 30.3 Å². The van der Waals surface area contributed by atoms with Crippen LogP contribution in [0.3, 0.4) is 0 Å². The summed E-state index contributed by atoms with van der Waals surface area (Å²) in [4.78, 5) is 4.59. The van der Waals surface area contributed by atoms with Crippen LogP contribution in [0.5, 0.6) is 0 Å². The van der Waals surface area contributed by atoms with Gasteiger partial charge >= 0.3 is 0 Å². The van der Waals surface area contributed by atoms with E-state index >= 15 is 0 Å². The number of benzene rings is 2. The minimum Gasteiger partial charge on any atom is -0.342 e. The van der Waals surface area contributed by atoms with E-state index in [-0.39, 0.29) is 0 Å². The maximum absolute atomic E-state index is 6.40. The minimum absolute atomic E-state index is 0.361. The van der Waals surface area contributed by atoms with Gasteiger partial charge in [0.2, 0.25) is 0 Å². The maximum atomic E-state index is 6.40. The van der Waals surface area contributed by atoms with E-state index in [1.165, 1.54) is 0 Å². The standard InChI is InChI=1S/C20H22Cl3N3S/c1-25-10-8-16(9-11-25)26(13-14-4-2-3-5-17(14)21)20(27)24-15-6-7-18(22)19(23)12-15/h2-7,12,16H,8-11,13H2,1H3,(H,24,27). The van der Waals surface area contributed by atoms with Gasteiger partial charge in [-0.2, -0.15) is 0 Å². The van der Waals surface area contributed by atoms with Gasteiger partial charge in [-0.05, 0) is 75.0 Å². The third kappa shape index (κ3) is 5.49. The van der Waals surface area contributed by atoms with Gasteiger partial charge < -0.3 is 15.1 Å². The highest BCUT2D eigenvalue weighted by Gasteiger charge is 2.26. The molecule has 0 bridgehead atoms. The van der Waals surface area contributed by atoms with Crippen LogP contribution in [-0.4, -0.2) is 41.1 Å². The number of nitrogens with one attached hydrogen (secondary N) is 1. The summed E-state index contributed by atoms with van der Waals surface area (Å²) in [5, 5.41) is 5.77. The second kappa shape index (κ2) is 9.44. The molecule has 1 heterocycles. The lowest BCUT2D eigenvalue weighted by Crippen LogP contribution is -2.47. The molecule has 1 aliphatic rings. The van der Waals surface area contributed by atoms with Crippen LogP contribution in [0.4, 0.5) is 5.69 Å². The molecule has 0 saturated carbocycles. The largest absolute Gasteiger partial charge is 0.342 e. The van der Waals surface area contributed by atoms with Gasteiger partial charge in [-0.25, -0.2) is 0 Å². The van der Waals surface area contributed by atoms with E-state index in [4.69, 9.17) is 47.0 Å². The molecule has 0 atom stereocenters. The molecule has 144 valence electrons. The highest BCUT2D eigenvalue weighted by Crippen LogP contribution is 2.27. The zero-order valence-corrected chi connectivity index (χ0v) is 18.2. The van der Waals surface area contributed by atoms with Gasteiger partial charge in [0.25, 0.3) is 0 Å². The van der Waals surface area contributed by atoms with Crippen molar-refractivity contribution in [3.63, 3.8) is 0 Å². The Labute approximate surface area is 181 Å². The van der Waals surface area contributed by atoms with Gasteiger partial charge in [0.05, 0.1) is 10.0 Å². The highest BCUT2D eigenvalue weighted by atomic mass is 35.5. The molecule has 2 aromatic rings. The Morgan fingerprint density at radius 2 is 1.78 bits per heavy atom. The lowest BCUT2D eigenvalue weighted by Gasteiger charge is -2.39. The van der Waals surface area contributed by atoms with E-state index in [0.717, 1.165) is 42.2 Å². The predicted molar refractivity (Wildman–Crippen MR) is 120 cm³/mol. The first kappa shape index (κ1) is 20.7. The summed E-state index contributed by atoms with van der Waals surface area (Å²) in [6.07, 6.45) is 2.12. The summed E-state index contributed by atoms with van der Waals surface area (Å²) in [5.41, 5.74) is 1.89. The molecule has 0 radical (unpaired) electrons. The topological polar surface area (TPSA) is 18.5 Å². The van der Waals surface area contributed by atoms with Crippen molar-refractivity contribution in [3.8, 4) is 0 Å². The Morgan fingerprint density at radius 3 is 2.44 bits per heavy atom. The van der Waals surface area contributed by atoms with Crippen molar-refractivity contribution in [2.24, 2.45) is 0 Å². The fourth-order valence-corrected chi connectivity index (χ4v) is 4.08. The van der Waals surface area contributed by atoms with Crippen molar-refractivity contribution in [2.75, 3.05) is 25.5 Å². The molecular formula is C20H22Cl3N3S. The van der Waals surface area contributed by atoms with Crippen molar-refractivity contribution < 1.29 is 0 Å². The van der Waals surface area contributed by atoms with Gasteiger partial charge in [0.15, 0.2) is 5.11 Å². The van der Waals surface area contributed by atoms with E-state index in [0.29, 0.717) is 27.7 Å². The van der Waals surface area contributed by atoms with E-state index < -0.39 is 0 Å². The fourth-order valence-electron chi connectivity index (χ4n) is 3.25. The second-order valence-electron chi connectivity index (χ2n) is 6.81. The van der Waals surface area contributed by atoms with Gasteiger partial charge in [-0.1, -0.05) is 53.0 Å². The maximum Gasteiger partial charge on any atom is 0.173 e. The average Bonchev–Trinajstić information content (AvgIpc) is 2.65. The molecule has 1 aliphatic heterocycles. The number of hydrogen-bond donors (Lipinski definition) is 1. The van der Waals surface area contributed by atoms with Crippen LogP contribution in [-0.2, 0) is 6.54 Å². The number of rotatable bonds is 4. The Morgan fingerprint density at radius 1 is 1.07 bits per heavy atom. The molecule has 0 aliphatic carbocycles. The molecule has 1 fully saturated rings. The van der Waals surface area contributed by atoms with Crippen LogP contribution in [0.2, 0.25) is 15.1 Å². The zero-order valence-electron chi connectivity index (χ0n) is 15.1. The molecular weight excluding hydrogens is 421 g/mol. The number of piperidine rings is 1. The first-order valence-electron chi connectivity index (χ1n) is 8.88. The van der Waals surface area contributed by atoms with Crippen LogP contribution >= 0.6 is 47.0 Å². The SMILES string of the molecule is CN1CCC(N(Cc2ccccc2Cl)C(=S)Nc2ccc(Cl)c(Cl)c2)CC1. The van der Waals surface area contributed by atoms with Crippen molar-refractivity contribution >= 4 is 57.8 Å². The monoisotopic (exact) mass is 441 g/mol. The molecule has 1 saturated heterocycles. The lowest BCUT2D eigenvalue weighted by atomic mass is 10.0. The number of anilines is 1. The number of nitrogens with zero attached hydrogens (tertiary/aromatic N) is 2. The molecule has 0 aromatic heterocycles. The average molecular weight is 443 g/mol. The van der Waals surface area contributed by atoms with E-state index in [2.05, 4.69) is 22.2 Å². The van der Waals surface area contributed by atoms with Crippen molar-refractivity contribution in [1.29, 1.82) is 0 Å². The van der Waals surface area contributed by atoms with Crippen LogP contribution in [0.15, 0.2) is 42.5 Å². The predicted octanol–water partition coefficient (Wildman–Crippen LogP) is 5.94. The van der Waals surface area contributed by atoms with Crippen molar-refractivity contribution in [2.45, 2.75) is 25.4 Å². The number of thiocarbonyl (C=S) groups is 1. The summed E-state index contributed by atoms with van der Waals surface area (Å²) < 4.78 is 0. The Hall–Kier alpha value is -1.04. The molecule has 0 amide bonds. The number of hydrogen-bond acceptors (Lipinski definition) is 2. The van der Waals surface area contributed by atoms with Crippen molar-refractivity contribution in [3.05, 3.63) is 63.1 Å². The second-order valence-corrected chi connectivity index (χ2v) is 8.42. The third-order valence-electron chi connectivity index (χ3n) is 4.86. The van der Waals surface area contributed by atoms with Crippen LogP contribution in [0.1, 0.15) is 18.4 Å². The summed E-state index contributed by atoms with van der Waals surface area (Å²) in [6, 6.07) is 13.7.